The van der Waals surface area contributed by atoms with Crippen LogP contribution in [0, 0.1) is 11.3 Å². The second-order valence-electron chi connectivity index (χ2n) is 14.1. The zero-order valence-electron chi connectivity index (χ0n) is 27.0. The lowest BCUT2D eigenvalue weighted by Crippen LogP contribution is -2.46. The Hall–Kier alpha value is -3.67. The maximum absolute atomic E-state index is 10.1. The summed E-state index contributed by atoms with van der Waals surface area (Å²) in [5, 5.41) is 28.3. The number of nitrogens with one attached hydrogen (secondary N) is 2. The molecule has 236 valence electrons. The number of pyridine rings is 1. The SMILES string of the molecule is CC1(Nc2c(C#N)cnc3c(Cl)cc(N[C@@H](c4ccccc4)c4cn(C5CCN(C(C)(C)C)CC5)nn4)cc23)CCCCCC1. The lowest BCUT2D eigenvalue weighted by atomic mass is 9.91. The number of hydrogen-bond acceptors (Lipinski definition) is 7. The van der Waals surface area contributed by atoms with Crippen molar-refractivity contribution in [3.8, 4) is 6.07 Å². The largest absolute Gasteiger partial charge is 0.378 e. The molecule has 1 saturated carbocycles. The third-order valence-corrected chi connectivity index (χ3v) is 10.0. The fourth-order valence-corrected chi connectivity index (χ4v) is 7.31. The van der Waals surface area contributed by atoms with Gasteiger partial charge < -0.3 is 10.6 Å². The van der Waals surface area contributed by atoms with E-state index in [2.05, 4.69) is 88.6 Å². The number of anilines is 2. The standard InChI is InChI=1S/C36H45ClN8/c1-35(2,3)44-18-14-28(15-19-44)45-24-31(42-43-45)33(25-12-8-7-9-13-25)40-27-20-29-32(41-36(4)16-10-5-6-11-17-36)26(22-38)23-39-34(29)30(37)21-27/h7-9,12-13,20-21,23-24,28,33,40H,5-6,10-11,14-19H2,1-4H3,(H,39,41)/t33-/m0/s1. The number of piperidine rings is 1. The molecule has 2 aromatic heterocycles. The van der Waals surface area contributed by atoms with E-state index in [0.717, 1.165) is 66.8 Å². The molecule has 1 saturated heterocycles. The minimum atomic E-state index is -0.244. The zero-order chi connectivity index (χ0) is 31.6. The van der Waals surface area contributed by atoms with Crippen LogP contribution < -0.4 is 10.6 Å². The monoisotopic (exact) mass is 624 g/mol. The van der Waals surface area contributed by atoms with Crippen LogP contribution in [0.15, 0.2) is 54.9 Å². The molecule has 1 aliphatic carbocycles. The molecule has 0 spiro atoms. The predicted molar refractivity (Wildman–Crippen MR) is 183 cm³/mol. The van der Waals surface area contributed by atoms with Crippen molar-refractivity contribution in [3.63, 3.8) is 0 Å². The average Bonchev–Trinajstić information content (AvgIpc) is 3.42. The van der Waals surface area contributed by atoms with Crippen LogP contribution in [0.5, 0.6) is 0 Å². The Morgan fingerprint density at radius 2 is 1.76 bits per heavy atom. The molecule has 0 bridgehead atoms. The van der Waals surface area contributed by atoms with Crippen LogP contribution in [-0.2, 0) is 0 Å². The molecule has 2 aromatic carbocycles. The van der Waals surface area contributed by atoms with E-state index in [4.69, 9.17) is 16.7 Å². The second kappa shape index (κ2) is 13.0. The summed E-state index contributed by atoms with van der Waals surface area (Å²) in [6, 6.07) is 16.8. The Labute approximate surface area is 272 Å². The average molecular weight is 625 g/mol. The van der Waals surface area contributed by atoms with Gasteiger partial charge in [-0.15, -0.1) is 5.10 Å². The first-order valence-corrected chi connectivity index (χ1v) is 16.8. The number of nitrogens with zero attached hydrogens (tertiary/aromatic N) is 6. The van der Waals surface area contributed by atoms with E-state index in [1.165, 1.54) is 25.7 Å². The second-order valence-corrected chi connectivity index (χ2v) is 14.5. The van der Waals surface area contributed by atoms with Gasteiger partial charge in [0.25, 0.3) is 0 Å². The van der Waals surface area contributed by atoms with Crippen molar-refractivity contribution in [2.45, 2.75) is 102 Å². The molecule has 0 amide bonds. The molecule has 2 aliphatic rings. The number of hydrogen-bond donors (Lipinski definition) is 2. The van der Waals surface area contributed by atoms with Gasteiger partial charge in [0.05, 0.1) is 40.1 Å². The molecule has 6 rings (SSSR count). The number of benzene rings is 2. The highest BCUT2D eigenvalue weighted by atomic mass is 35.5. The van der Waals surface area contributed by atoms with Crippen LogP contribution in [0.2, 0.25) is 5.02 Å². The Morgan fingerprint density at radius 1 is 1.04 bits per heavy atom. The van der Waals surface area contributed by atoms with Gasteiger partial charge in [0.15, 0.2) is 0 Å². The summed E-state index contributed by atoms with van der Waals surface area (Å²) >= 11 is 6.91. The van der Waals surface area contributed by atoms with E-state index >= 15 is 0 Å². The van der Waals surface area contributed by atoms with Gasteiger partial charge in [-0.2, -0.15) is 5.26 Å². The van der Waals surface area contributed by atoms with Crippen molar-refractivity contribution in [2.75, 3.05) is 23.7 Å². The summed E-state index contributed by atoms with van der Waals surface area (Å²) in [5.74, 6) is 0. The van der Waals surface area contributed by atoms with Gasteiger partial charge in [-0.05, 0) is 71.1 Å². The van der Waals surface area contributed by atoms with Crippen LogP contribution in [0.4, 0.5) is 11.4 Å². The molecule has 4 aromatic rings. The number of halogens is 1. The summed E-state index contributed by atoms with van der Waals surface area (Å²) in [7, 11) is 0. The van der Waals surface area contributed by atoms with Gasteiger partial charge in [0.2, 0.25) is 0 Å². The third kappa shape index (κ3) is 6.95. The molecule has 9 heteroatoms. The van der Waals surface area contributed by atoms with Crippen LogP contribution in [-0.4, -0.2) is 49.0 Å². The van der Waals surface area contributed by atoms with E-state index in [1.807, 2.05) is 24.3 Å². The van der Waals surface area contributed by atoms with Gasteiger partial charge >= 0.3 is 0 Å². The summed E-state index contributed by atoms with van der Waals surface area (Å²) in [5.41, 5.74) is 4.86. The molecule has 45 heavy (non-hydrogen) atoms. The van der Waals surface area contributed by atoms with Gasteiger partial charge in [-0.25, -0.2) is 4.68 Å². The van der Waals surface area contributed by atoms with E-state index in [1.54, 1.807) is 6.20 Å². The first-order chi connectivity index (χ1) is 21.6. The summed E-state index contributed by atoms with van der Waals surface area (Å²) in [6.45, 7) is 11.2. The predicted octanol–water partition coefficient (Wildman–Crippen LogP) is 8.51. The highest BCUT2D eigenvalue weighted by Crippen LogP contribution is 2.39. The van der Waals surface area contributed by atoms with Crippen LogP contribution in [0.25, 0.3) is 10.9 Å². The van der Waals surface area contributed by atoms with Crippen LogP contribution in [0.1, 0.15) is 108 Å². The first-order valence-electron chi connectivity index (χ1n) is 16.4. The fraction of sp³-hybridized carbons (Fsp3) is 0.500. The maximum atomic E-state index is 10.1. The number of likely N-dealkylation sites (tertiary alicyclic amines) is 1. The Kier molecular flexibility index (Phi) is 9.03. The number of fused-ring (bicyclic) bond motifs is 1. The summed E-state index contributed by atoms with van der Waals surface area (Å²) in [4.78, 5) is 7.15. The molecule has 1 aliphatic heterocycles. The van der Waals surface area contributed by atoms with Crippen molar-refractivity contribution in [1.82, 2.24) is 24.9 Å². The van der Waals surface area contributed by atoms with E-state index < -0.39 is 0 Å². The van der Waals surface area contributed by atoms with E-state index in [9.17, 15) is 5.26 Å². The Balaban J connectivity index is 1.33. The minimum absolute atomic E-state index is 0.0968. The Bertz CT molecular complexity index is 1650. The number of aromatic nitrogens is 4. The van der Waals surface area contributed by atoms with Crippen LogP contribution >= 0.6 is 11.6 Å². The van der Waals surface area contributed by atoms with Gasteiger partial charge in [0.1, 0.15) is 11.8 Å². The molecule has 2 fully saturated rings. The van der Waals surface area contributed by atoms with Crippen molar-refractivity contribution >= 4 is 33.9 Å². The molecular weight excluding hydrogens is 580 g/mol. The Morgan fingerprint density at radius 3 is 2.42 bits per heavy atom. The van der Waals surface area contributed by atoms with Crippen molar-refractivity contribution in [1.29, 1.82) is 5.26 Å². The lowest BCUT2D eigenvalue weighted by Gasteiger charge is -2.40. The van der Waals surface area contributed by atoms with Gasteiger partial charge in [0, 0.05) is 41.4 Å². The van der Waals surface area contributed by atoms with Crippen LogP contribution in [0.3, 0.4) is 0 Å². The normalized spacial score (nSPS) is 18.7. The molecule has 8 nitrogen and oxygen atoms in total. The van der Waals surface area contributed by atoms with E-state index in [0.29, 0.717) is 22.1 Å². The number of nitriles is 1. The van der Waals surface area contributed by atoms with Crippen molar-refractivity contribution < 1.29 is 0 Å². The maximum Gasteiger partial charge on any atom is 0.109 e. The molecule has 2 N–H and O–H groups in total. The van der Waals surface area contributed by atoms with Crippen molar-refractivity contribution in [2.24, 2.45) is 0 Å². The number of rotatable bonds is 7. The first kappa shape index (κ1) is 31.3. The summed E-state index contributed by atoms with van der Waals surface area (Å²) in [6.07, 6.45) is 12.8. The molecular formula is C36H45ClN8. The van der Waals surface area contributed by atoms with Crippen molar-refractivity contribution in [3.05, 3.63) is 76.7 Å². The topological polar surface area (TPSA) is 94.7 Å². The van der Waals surface area contributed by atoms with Gasteiger partial charge in [-0.1, -0.05) is 72.8 Å². The lowest BCUT2D eigenvalue weighted by molar-refractivity contribution is 0.0866. The quantitative estimate of drug-likeness (QED) is 0.199. The smallest absolute Gasteiger partial charge is 0.109 e. The minimum Gasteiger partial charge on any atom is -0.378 e. The summed E-state index contributed by atoms with van der Waals surface area (Å²) < 4.78 is 2.05. The molecule has 0 unspecified atom stereocenters. The van der Waals surface area contributed by atoms with Gasteiger partial charge in [-0.3, -0.25) is 9.88 Å². The third-order valence-electron chi connectivity index (χ3n) is 9.73. The molecule has 0 radical (unpaired) electrons. The van der Waals surface area contributed by atoms with E-state index in [-0.39, 0.29) is 17.1 Å². The molecule has 1 atom stereocenters. The zero-order valence-corrected chi connectivity index (χ0v) is 27.7. The molecule has 3 heterocycles. The highest BCUT2D eigenvalue weighted by Gasteiger charge is 2.30. The highest BCUT2D eigenvalue weighted by molar-refractivity contribution is 6.35. The fourth-order valence-electron chi connectivity index (χ4n) is 7.04.